The second-order valence-electron chi connectivity index (χ2n) is 7.93. The minimum atomic E-state index is -3.56. The molecule has 3 rings (SSSR count). The van der Waals surface area contributed by atoms with E-state index in [2.05, 4.69) is 5.32 Å². The summed E-state index contributed by atoms with van der Waals surface area (Å²) in [6.45, 7) is 0.655. The predicted molar refractivity (Wildman–Crippen MR) is 130 cm³/mol. The largest absolute Gasteiger partial charge is 0.492 e. The van der Waals surface area contributed by atoms with E-state index in [0.717, 1.165) is 10.6 Å². The molecule has 0 saturated heterocycles. The molecule has 0 unspecified atom stereocenters. The molecule has 35 heavy (non-hydrogen) atoms. The fourth-order valence-electron chi connectivity index (χ4n) is 3.28. The highest BCUT2D eigenvalue weighted by Gasteiger charge is 2.21. The maximum absolute atomic E-state index is 12.3. The number of sulfonamides is 2. The molecule has 192 valence electrons. The molecule has 2 aromatic carbocycles. The molecule has 0 aromatic heterocycles. The molecule has 1 aliphatic heterocycles. The van der Waals surface area contributed by atoms with Crippen LogP contribution in [0.4, 0.5) is 5.69 Å². The van der Waals surface area contributed by atoms with Crippen LogP contribution in [0.15, 0.2) is 47.4 Å². The Balaban J connectivity index is 1.42. The van der Waals surface area contributed by atoms with E-state index in [-0.39, 0.29) is 43.7 Å². The van der Waals surface area contributed by atoms with Gasteiger partial charge in [0.1, 0.15) is 12.4 Å². The predicted octanol–water partition coefficient (Wildman–Crippen LogP) is 1.41. The number of carbonyl (C=O) groups excluding carboxylic acids is 1. The highest BCUT2D eigenvalue weighted by molar-refractivity contribution is 7.92. The smallest absolute Gasteiger partial charge is 0.242 e. The van der Waals surface area contributed by atoms with Gasteiger partial charge in [-0.15, -0.1) is 0 Å². The molecule has 0 aliphatic carbocycles. The molecule has 11 nitrogen and oxygen atoms in total. The zero-order chi connectivity index (χ0) is 25.6. The highest BCUT2D eigenvalue weighted by Crippen LogP contribution is 2.36. The van der Waals surface area contributed by atoms with Gasteiger partial charge in [0.2, 0.25) is 32.7 Å². The number of nitrogens with zero attached hydrogens (tertiary/aromatic N) is 2. The number of anilines is 1. The van der Waals surface area contributed by atoms with Gasteiger partial charge in [-0.25, -0.2) is 21.1 Å². The van der Waals surface area contributed by atoms with Gasteiger partial charge < -0.3 is 19.5 Å². The third-order valence-electron chi connectivity index (χ3n) is 5.10. The molecule has 13 heteroatoms. The Morgan fingerprint density at radius 3 is 2.37 bits per heavy atom. The number of hydrogen-bond acceptors (Lipinski definition) is 8. The molecule has 1 N–H and O–H groups in total. The maximum Gasteiger partial charge on any atom is 0.242 e. The lowest BCUT2D eigenvalue weighted by atomic mass is 10.2. The van der Waals surface area contributed by atoms with Crippen molar-refractivity contribution in [3.63, 3.8) is 0 Å². The molecule has 1 aliphatic rings. The Kier molecular flexibility index (Phi) is 8.46. The zero-order valence-corrected chi connectivity index (χ0v) is 21.4. The average Bonchev–Trinajstić information content (AvgIpc) is 3.27. The van der Waals surface area contributed by atoms with Crippen molar-refractivity contribution in [1.29, 1.82) is 0 Å². The lowest BCUT2D eigenvalue weighted by Gasteiger charge is -2.22. The topological polar surface area (TPSA) is 132 Å². The van der Waals surface area contributed by atoms with E-state index < -0.39 is 20.0 Å². The van der Waals surface area contributed by atoms with Crippen molar-refractivity contribution in [2.45, 2.75) is 17.7 Å². The first-order valence-corrected chi connectivity index (χ1v) is 14.1. The lowest BCUT2D eigenvalue weighted by molar-refractivity contribution is -0.121. The molecule has 0 spiro atoms. The minimum absolute atomic E-state index is 0.0885. The molecule has 0 bridgehead atoms. The number of rotatable bonds is 12. The Bertz CT molecular complexity index is 1250. The standard InChI is InChI=1S/C22H29N3O8S2/c1-24(2)35(29,30)19-9-7-18(8-10-19)31-14-12-23-22(26)5-4-13-25(34(3,27)28)17-6-11-20-21(15-17)33-16-32-20/h6-11,15H,4-5,12-14,16H2,1-3H3,(H,23,26). The van der Waals surface area contributed by atoms with Gasteiger partial charge in [-0.05, 0) is 42.8 Å². The van der Waals surface area contributed by atoms with Crippen LogP contribution in [0.5, 0.6) is 17.2 Å². The van der Waals surface area contributed by atoms with Crippen molar-refractivity contribution in [3.05, 3.63) is 42.5 Å². The van der Waals surface area contributed by atoms with Crippen LogP contribution in [-0.2, 0) is 24.8 Å². The highest BCUT2D eigenvalue weighted by atomic mass is 32.2. The molecule has 2 aromatic rings. The van der Waals surface area contributed by atoms with Crippen molar-refractivity contribution < 1.29 is 35.8 Å². The Morgan fingerprint density at radius 1 is 1.03 bits per heavy atom. The summed E-state index contributed by atoms with van der Waals surface area (Å²) in [7, 11) is -4.15. The lowest BCUT2D eigenvalue weighted by Crippen LogP contribution is -2.32. The minimum Gasteiger partial charge on any atom is -0.492 e. The van der Waals surface area contributed by atoms with E-state index in [1.54, 1.807) is 30.3 Å². The molecule has 0 atom stereocenters. The summed E-state index contributed by atoms with van der Waals surface area (Å²) in [4.78, 5) is 12.3. The first-order chi connectivity index (χ1) is 16.5. The monoisotopic (exact) mass is 527 g/mol. The maximum atomic E-state index is 12.3. The van der Waals surface area contributed by atoms with Crippen LogP contribution in [0.3, 0.4) is 0 Å². The molecule has 1 heterocycles. The van der Waals surface area contributed by atoms with Crippen LogP contribution in [0, 0.1) is 0 Å². The van der Waals surface area contributed by atoms with Crippen LogP contribution >= 0.6 is 0 Å². The normalized spacial score (nSPS) is 13.0. The average molecular weight is 528 g/mol. The molecular formula is C22H29N3O8S2. The molecule has 0 fully saturated rings. The Hall–Kier alpha value is -3.03. The summed E-state index contributed by atoms with van der Waals surface area (Å²) < 4.78 is 67.1. The third kappa shape index (κ3) is 6.99. The molecule has 1 amide bonds. The summed E-state index contributed by atoms with van der Waals surface area (Å²) in [5.41, 5.74) is 0.440. The first kappa shape index (κ1) is 26.6. The van der Waals surface area contributed by atoms with E-state index in [9.17, 15) is 21.6 Å². The first-order valence-electron chi connectivity index (χ1n) is 10.8. The number of fused-ring (bicyclic) bond motifs is 1. The number of ether oxygens (including phenoxy) is 3. The Morgan fingerprint density at radius 2 is 1.71 bits per heavy atom. The molecular weight excluding hydrogens is 498 g/mol. The van der Waals surface area contributed by atoms with E-state index in [1.807, 2.05) is 0 Å². The van der Waals surface area contributed by atoms with Crippen molar-refractivity contribution in [1.82, 2.24) is 9.62 Å². The van der Waals surface area contributed by atoms with Crippen LogP contribution in [0.2, 0.25) is 0 Å². The van der Waals surface area contributed by atoms with E-state index >= 15 is 0 Å². The van der Waals surface area contributed by atoms with Crippen LogP contribution in [-0.4, -0.2) is 73.9 Å². The van der Waals surface area contributed by atoms with Crippen LogP contribution < -0.4 is 23.8 Å². The summed E-state index contributed by atoms with van der Waals surface area (Å²) in [5, 5.41) is 2.72. The van der Waals surface area contributed by atoms with Gasteiger partial charge in [0, 0.05) is 33.1 Å². The fourth-order valence-corrected chi connectivity index (χ4v) is 5.14. The van der Waals surface area contributed by atoms with E-state index in [1.165, 1.54) is 30.5 Å². The number of nitrogens with one attached hydrogen (secondary N) is 1. The van der Waals surface area contributed by atoms with Gasteiger partial charge in [0.05, 0.1) is 23.4 Å². The summed E-state index contributed by atoms with van der Waals surface area (Å²) in [6, 6.07) is 10.9. The van der Waals surface area contributed by atoms with E-state index in [4.69, 9.17) is 14.2 Å². The van der Waals surface area contributed by atoms with E-state index in [0.29, 0.717) is 29.4 Å². The third-order valence-corrected chi connectivity index (χ3v) is 8.13. The molecule has 0 radical (unpaired) electrons. The van der Waals surface area contributed by atoms with Gasteiger partial charge >= 0.3 is 0 Å². The summed E-state index contributed by atoms with van der Waals surface area (Å²) >= 11 is 0. The number of benzene rings is 2. The van der Waals surface area contributed by atoms with Gasteiger partial charge in [-0.2, -0.15) is 0 Å². The van der Waals surface area contributed by atoms with Gasteiger partial charge in [0.15, 0.2) is 11.5 Å². The summed E-state index contributed by atoms with van der Waals surface area (Å²) in [5.74, 6) is 1.27. The van der Waals surface area contributed by atoms with Crippen molar-refractivity contribution in [2.24, 2.45) is 0 Å². The van der Waals surface area contributed by atoms with Crippen molar-refractivity contribution in [2.75, 3.05) is 51.1 Å². The van der Waals surface area contributed by atoms with Crippen molar-refractivity contribution >= 4 is 31.6 Å². The van der Waals surface area contributed by atoms with Gasteiger partial charge in [-0.3, -0.25) is 9.10 Å². The summed E-state index contributed by atoms with van der Waals surface area (Å²) in [6.07, 6.45) is 1.56. The van der Waals surface area contributed by atoms with Gasteiger partial charge in [-0.1, -0.05) is 0 Å². The second kappa shape index (κ2) is 11.1. The van der Waals surface area contributed by atoms with Crippen molar-refractivity contribution in [3.8, 4) is 17.2 Å². The number of carbonyl (C=O) groups is 1. The number of hydrogen-bond donors (Lipinski definition) is 1. The fraction of sp³-hybridized carbons (Fsp3) is 0.409. The van der Waals surface area contributed by atoms with Crippen LogP contribution in [0.1, 0.15) is 12.8 Å². The molecule has 0 saturated carbocycles. The zero-order valence-electron chi connectivity index (χ0n) is 19.8. The van der Waals surface area contributed by atoms with Crippen LogP contribution in [0.25, 0.3) is 0 Å². The second-order valence-corrected chi connectivity index (χ2v) is 12.0. The number of amides is 1. The quantitative estimate of drug-likeness (QED) is 0.410. The SMILES string of the molecule is CN(C)S(=O)(=O)c1ccc(OCCNC(=O)CCCN(c2ccc3c(c2)OCO3)S(C)(=O)=O)cc1. The Labute approximate surface area is 205 Å². The van der Waals surface area contributed by atoms with Gasteiger partial charge in [0.25, 0.3) is 0 Å².